The predicted molar refractivity (Wildman–Crippen MR) is 141 cm³/mol. The fraction of sp³-hybridized carbons (Fsp3) is 0.0800. The molecule has 0 aliphatic heterocycles. The lowest BCUT2D eigenvalue weighted by Crippen LogP contribution is -2.34. The highest BCUT2D eigenvalue weighted by atomic mass is 35.5. The quantitative estimate of drug-likeness (QED) is 0.318. The molecule has 5 nitrogen and oxygen atoms in total. The van der Waals surface area contributed by atoms with Gasteiger partial charge in [0.2, 0.25) is 0 Å². The van der Waals surface area contributed by atoms with Gasteiger partial charge in [0.1, 0.15) is 4.88 Å². The summed E-state index contributed by atoms with van der Waals surface area (Å²) in [6.07, 6.45) is 0. The number of nitrogens with one attached hydrogen (secondary N) is 2. The number of thiocarbonyl (C=S) groups is 1. The van der Waals surface area contributed by atoms with Gasteiger partial charge in [0.05, 0.1) is 5.02 Å². The number of carbonyl (C=O) groups is 2. The van der Waals surface area contributed by atoms with Crippen molar-refractivity contribution in [3.05, 3.63) is 94.3 Å². The summed E-state index contributed by atoms with van der Waals surface area (Å²) in [5, 5.41) is 7.00. The first-order valence-electron chi connectivity index (χ1n) is 10.2. The third kappa shape index (κ3) is 5.06. The zero-order chi connectivity index (χ0) is 23.4. The van der Waals surface area contributed by atoms with Crippen molar-refractivity contribution in [3.8, 4) is 0 Å². The number of anilines is 2. The van der Waals surface area contributed by atoms with E-state index in [4.69, 9.17) is 23.8 Å². The third-order valence-electron chi connectivity index (χ3n) is 4.96. The van der Waals surface area contributed by atoms with Crippen LogP contribution in [0.2, 0.25) is 5.02 Å². The molecule has 1 heterocycles. The van der Waals surface area contributed by atoms with Gasteiger partial charge in [-0.05, 0) is 55.5 Å². The van der Waals surface area contributed by atoms with Crippen molar-refractivity contribution in [1.29, 1.82) is 0 Å². The van der Waals surface area contributed by atoms with Crippen LogP contribution in [0.15, 0.2) is 78.9 Å². The zero-order valence-corrected chi connectivity index (χ0v) is 20.1. The molecule has 3 aromatic carbocycles. The van der Waals surface area contributed by atoms with Gasteiger partial charge in [-0.1, -0.05) is 54.1 Å². The number of para-hydroxylation sites is 1. The van der Waals surface area contributed by atoms with E-state index in [9.17, 15) is 9.59 Å². The summed E-state index contributed by atoms with van der Waals surface area (Å²) in [5.41, 5.74) is 1.93. The molecule has 0 atom stereocenters. The van der Waals surface area contributed by atoms with Crippen molar-refractivity contribution in [2.24, 2.45) is 0 Å². The molecule has 0 bridgehead atoms. The molecule has 2 amide bonds. The first kappa shape index (κ1) is 22.9. The number of nitrogens with zero attached hydrogens (tertiary/aromatic N) is 1. The Bertz CT molecular complexity index is 1340. The van der Waals surface area contributed by atoms with E-state index in [2.05, 4.69) is 10.6 Å². The van der Waals surface area contributed by atoms with Gasteiger partial charge >= 0.3 is 0 Å². The minimum atomic E-state index is -0.382. The molecule has 2 N–H and O–H groups in total. The number of hydrogen-bond donors (Lipinski definition) is 2. The largest absolute Gasteiger partial charge is 0.332 e. The summed E-state index contributed by atoms with van der Waals surface area (Å²) in [4.78, 5) is 27.9. The smallest absolute Gasteiger partial charge is 0.269 e. The summed E-state index contributed by atoms with van der Waals surface area (Å²) < 4.78 is 0.927. The van der Waals surface area contributed by atoms with Crippen LogP contribution in [-0.4, -0.2) is 23.5 Å². The Hall–Kier alpha value is -3.26. The van der Waals surface area contributed by atoms with Crippen LogP contribution < -0.4 is 15.5 Å². The van der Waals surface area contributed by atoms with Crippen LogP contribution in [0.4, 0.5) is 11.4 Å². The number of amides is 2. The maximum Gasteiger partial charge on any atom is 0.269 e. The van der Waals surface area contributed by atoms with E-state index < -0.39 is 0 Å². The molecule has 33 heavy (non-hydrogen) atoms. The second-order valence-electron chi connectivity index (χ2n) is 7.12. The normalized spacial score (nSPS) is 10.6. The number of hydrogen-bond acceptors (Lipinski definition) is 4. The maximum absolute atomic E-state index is 13.1. The highest BCUT2D eigenvalue weighted by molar-refractivity contribution is 7.80. The van der Waals surface area contributed by atoms with Crippen LogP contribution in [0.25, 0.3) is 10.1 Å². The van der Waals surface area contributed by atoms with E-state index in [0.29, 0.717) is 27.7 Å². The summed E-state index contributed by atoms with van der Waals surface area (Å²) in [5.74, 6) is -0.508. The molecule has 8 heteroatoms. The van der Waals surface area contributed by atoms with Crippen LogP contribution in [0.3, 0.4) is 0 Å². The second kappa shape index (κ2) is 10.1. The van der Waals surface area contributed by atoms with E-state index in [1.165, 1.54) is 11.3 Å². The lowest BCUT2D eigenvalue weighted by molar-refractivity contribution is 0.0976. The molecule has 0 saturated heterocycles. The van der Waals surface area contributed by atoms with Crippen molar-refractivity contribution in [2.75, 3.05) is 16.8 Å². The van der Waals surface area contributed by atoms with Gasteiger partial charge in [-0.2, -0.15) is 0 Å². The monoisotopic (exact) mass is 493 g/mol. The lowest BCUT2D eigenvalue weighted by Gasteiger charge is -2.21. The van der Waals surface area contributed by atoms with Gasteiger partial charge in [0.25, 0.3) is 11.8 Å². The average Bonchev–Trinajstić information content (AvgIpc) is 3.17. The Morgan fingerprint density at radius 3 is 2.45 bits per heavy atom. The molecule has 0 aliphatic rings. The van der Waals surface area contributed by atoms with Gasteiger partial charge < -0.3 is 10.2 Å². The van der Waals surface area contributed by atoms with Gasteiger partial charge in [-0.25, -0.2) is 0 Å². The number of rotatable bonds is 5. The third-order valence-corrected chi connectivity index (χ3v) is 6.84. The van der Waals surface area contributed by atoms with Crippen molar-refractivity contribution >= 4 is 73.5 Å². The standard InChI is InChI=1S/C25H20ClN3O2S2/c1-2-29(18-11-4-3-5-12-18)24(31)16-9-8-10-17(15-16)27-25(32)28-23(30)22-21(26)19-13-6-7-14-20(19)33-22/h3-15H,2H2,1H3,(H2,27,28,30,32). The maximum atomic E-state index is 13.1. The Kier molecular flexibility index (Phi) is 7.03. The van der Waals surface area contributed by atoms with Gasteiger partial charge in [0.15, 0.2) is 5.11 Å². The Labute approximate surface area is 206 Å². The van der Waals surface area contributed by atoms with E-state index in [-0.39, 0.29) is 16.9 Å². The summed E-state index contributed by atoms with van der Waals surface area (Å²) in [6, 6.07) is 24.1. The first-order chi connectivity index (χ1) is 16.0. The summed E-state index contributed by atoms with van der Waals surface area (Å²) in [6.45, 7) is 2.46. The Morgan fingerprint density at radius 2 is 1.73 bits per heavy atom. The molecule has 4 aromatic rings. The highest BCUT2D eigenvalue weighted by Gasteiger charge is 2.19. The molecular weight excluding hydrogens is 474 g/mol. The van der Waals surface area contributed by atoms with Crippen LogP contribution in [0.5, 0.6) is 0 Å². The average molecular weight is 494 g/mol. The predicted octanol–water partition coefficient (Wildman–Crippen LogP) is 6.35. The number of benzene rings is 3. The SMILES string of the molecule is CCN(C(=O)c1cccc(NC(=S)NC(=O)c2sc3ccccc3c2Cl)c1)c1ccccc1. The summed E-state index contributed by atoms with van der Waals surface area (Å²) in [7, 11) is 0. The molecule has 0 unspecified atom stereocenters. The number of thiophene rings is 1. The number of carbonyl (C=O) groups excluding carboxylic acids is 2. The molecular formula is C25H20ClN3O2S2. The van der Waals surface area contributed by atoms with E-state index in [1.54, 1.807) is 29.2 Å². The van der Waals surface area contributed by atoms with E-state index in [1.807, 2.05) is 61.5 Å². The second-order valence-corrected chi connectivity index (χ2v) is 8.95. The van der Waals surface area contributed by atoms with Crippen molar-refractivity contribution in [2.45, 2.75) is 6.92 Å². The Morgan fingerprint density at radius 1 is 1.00 bits per heavy atom. The van der Waals surface area contributed by atoms with E-state index in [0.717, 1.165) is 15.8 Å². The van der Waals surface area contributed by atoms with Crippen LogP contribution in [0.1, 0.15) is 27.0 Å². The van der Waals surface area contributed by atoms with Crippen molar-refractivity contribution in [1.82, 2.24) is 5.32 Å². The fourth-order valence-corrected chi connectivity index (χ4v) is 5.04. The van der Waals surface area contributed by atoms with Crippen LogP contribution in [0, 0.1) is 0 Å². The number of fused-ring (bicyclic) bond motifs is 1. The molecule has 0 radical (unpaired) electrons. The molecule has 0 fully saturated rings. The molecule has 1 aromatic heterocycles. The zero-order valence-electron chi connectivity index (χ0n) is 17.7. The van der Waals surface area contributed by atoms with Crippen molar-refractivity contribution in [3.63, 3.8) is 0 Å². The lowest BCUT2D eigenvalue weighted by atomic mass is 10.1. The van der Waals surface area contributed by atoms with Gasteiger partial charge in [0, 0.05) is 33.6 Å². The summed E-state index contributed by atoms with van der Waals surface area (Å²) >= 11 is 13.0. The van der Waals surface area contributed by atoms with Crippen LogP contribution in [-0.2, 0) is 0 Å². The van der Waals surface area contributed by atoms with Crippen molar-refractivity contribution < 1.29 is 9.59 Å². The van der Waals surface area contributed by atoms with Crippen LogP contribution >= 0.6 is 35.2 Å². The van der Waals surface area contributed by atoms with E-state index >= 15 is 0 Å². The van der Waals surface area contributed by atoms with Gasteiger partial charge in [-0.3, -0.25) is 14.9 Å². The first-order valence-corrected chi connectivity index (χ1v) is 11.8. The fourth-order valence-electron chi connectivity index (χ4n) is 3.42. The van der Waals surface area contributed by atoms with Gasteiger partial charge in [-0.15, -0.1) is 11.3 Å². The molecule has 0 saturated carbocycles. The molecule has 0 spiro atoms. The molecule has 4 rings (SSSR count). The minimum absolute atomic E-state index is 0.119. The number of halogens is 1. The molecule has 166 valence electrons. The highest BCUT2D eigenvalue weighted by Crippen LogP contribution is 2.35. The Balaban J connectivity index is 1.46. The topological polar surface area (TPSA) is 61.4 Å². The molecule has 0 aliphatic carbocycles. The minimum Gasteiger partial charge on any atom is -0.332 e.